The molecule has 0 fully saturated rings. The molecule has 0 spiro atoms. The lowest BCUT2D eigenvalue weighted by atomic mass is 10.2. The number of rotatable bonds is 9. The van der Waals surface area contributed by atoms with Crippen LogP contribution in [0.15, 0.2) is 0 Å². The zero-order valence-corrected chi connectivity index (χ0v) is 13.1. The molecule has 12 N–H and O–H groups in total. The highest BCUT2D eigenvalue weighted by Crippen LogP contribution is 1.94. The van der Waals surface area contributed by atoms with E-state index in [-0.39, 0.29) is 25.7 Å². The van der Waals surface area contributed by atoms with Crippen LogP contribution in [0.4, 0.5) is 0 Å². The third kappa shape index (κ3) is 24.7. The molecule has 0 bridgehead atoms. The van der Waals surface area contributed by atoms with Gasteiger partial charge in [0.2, 0.25) is 0 Å². The standard InChI is InChI=1S/2C5H9NO4.C2H8N2/c2*6-3(5(9)10)1-2-4(7)8;3-1-2-4/h2*3H,1-2,6H2,(H,7,8)(H,9,10);1-4H2. The second-order valence-corrected chi connectivity index (χ2v) is 4.33. The molecule has 142 valence electrons. The maximum absolute atomic E-state index is 9.99. The summed E-state index contributed by atoms with van der Waals surface area (Å²) in [5, 5.41) is 32.5. The first-order valence-electron chi connectivity index (χ1n) is 6.80. The Hall–Kier alpha value is -2.28. The van der Waals surface area contributed by atoms with Crippen molar-refractivity contribution in [2.75, 3.05) is 13.1 Å². The number of hydrogen-bond donors (Lipinski definition) is 8. The minimum atomic E-state index is -1.17. The van der Waals surface area contributed by atoms with Crippen LogP contribution < -0.4 is 22.9 Å². The first kappa shape index (κ1) is 26.6. The summed E-state index contributed by atoms with van der Waals surface area (Å²) in [6.07, 6.45) is -0.448. The van der Waals surface area contributed by atoms with Gasteiger partial charge < -0.3 is 43.4 Å². The Balaban J connectivity index is -0.000000301. The molecule has 12 nitrogen and oxygen atoms in total. The van der Waals surface area contributed by atoms with Gasteiger partial charge in [-0.2, -0.15) is 0 Å². The molecule has 2 atom stereocenters. The molecule has 24 heavy (non-hydrogen) atoms. The van der Waals surface area contributed by atoms with E-state index >= 15 is 0 Å². The van der Waals surface area contributed by atoms with Crippen molar-refractivity contribution in [1.29, 1.82) is 0 Å². The fourth-order valence-electron chi connectivity index (χ4n) is 0.805. The van der Waals surface area contributed by atoms with Gasteiger partial charge in [0.05, 0.1) is 0 Å². The van der Waals surface area contributed by atoms with Crippen LogP contribution in [0.25, 0.3) is 0 Å². The predicted octanol–water partition coefficient (Wildman–Crippen LogP) is -2.57. The minimum Gasteiger partial charge on any atom is -0.481 e. The number of hydrogen-bond acceptors (Lipinski definition) is 8. The second kappa shape index (κ2) is 17.1. The van der Waals surface area contributed by atoms with Crippen molar-refractivity contribution in [3.05, 3.63) is 0 Å². The Morgan fingerprint density at radius 1 is 0.667 bits per heavy atom. The van der Waals surface area contributed by atoms with Gasteiger partial charge in [0.25, 0.3) is 0 Å². The smallest absolute Gasteiger partial charge is 0.320 e. The van der Waals surface area contributed by atoms with Gasteiger partial charge in [0.15, 0.2) is 0 Å². The fraction of sp³-hybridized carbons (Fsp3) is 0.667. The van der Waals surface area contributed by atoms with Crippen LogP contribution in [0.3, 0.4) is 0 Å². The van der Waals surface area contributed by atoms with Crippen molar-refractivity contribution in [3.63, 3.8) is 0 Å². The van der Waals surface area contributed by atoms with Gasteiger partial charge in [-0.3, -0.25) is 19.2 Å². The van der Waals surface area contributed by atoms with Crippen molar-refractivity contribution in [2.24, 2.45) is 22.9 Å². The molecule has 0 heterocycles. The molecule has 0 saturated heterocycles. The quantitative estimate of drug-likeness (QED) is 0.212. The Morgan fingerprint density at radius 3 is 1.04 bits per heavy atom. The third-order valence-corrected chi connectivity index (χ3v) is 2.14. The van der Waals surface area contributed by atoms with E-state index in [1.54, 1.807) is 0 Å². The van der Waals surface area contributed by atoms with Gasteiger partial charge in [-0.1, -0.05) is 0 Å². The Bertz CT molecular complexity index is 355. The van der Waals surface area contributed by atoms with Gasteiger partial charge in [-0.25, -0.2) is 0 Å². The summed E-state index contributed by atoms with van der Waals surface area (Å²) in [6, 6.07) is -2.12. The Morgan fingerprint density at radius 2 is 0.917 bits per heavy atom. The predicted molar refractivity (Wildman–Crippen MR) is 83.1 cm³/mol. The lowest BCUT2D eigenvalue weighted by Gasteiger charge is -2.01. The summed E-state index contributed by atoms with van der Waals surface area (Å²) in [6.45, 7) is 1.19. The van der Waals surface area contributed by atoms with E-state index in [4.69, 9.17) is 43.4 Å². The third-order valence-electron chi connectivity index (χ3n) is 2.14. The minimum absolute atomic E-state index is 0.0231. The summed E-state index contributed by atoms with van der Waals surface area (Å²) in [5.74, 6) is -4.39. The maximum Gasteiger partial charge on any atom is 0.320 e. The first-order valence-corrected chi connectivity index (χ1v) is 6.80. The van der Waals surface area contributed by atoms with E-state index in [9.17, 15) is 19.2 Å². The van der Waals surface area contributed by atoms with Crippen LogP contribution in [-0.4, -0.2) is 69.5 Å². The van der Waals surface area contributed by atoms with Gasteiger partial charge in [0.1, 0.15) is 12.1 Å². The normalized spacial score (nSPS) is 11.7. The van der Waals surface area contributed by atoms with E-state index in [0.717, 1.165) is 0 Å². The van der Waals surface area contributed by atoms with Crippen molar-refractivity contribution in [3.8, 4) is 0 Å². The highest BCUT2D eigenvalue weighted by atomic mass is 16.4. The molecule has 0 aliphatic carbocycles. The van der Waals surface area contributed by atoms with Crippen LogP contribution in [0.2, 0.25) is 0 Å². The molecule has 0 rings (SSSR count). The SMILES string of the molecule is NC(CCC(=O)O)C(=O)O.NC(CCC(=O)O)C(=O)O.NCCN. The van der Waals surface area contributed by atoms with Crippen molar-refractivity contribution in [2.45, 2.75) is 37.8 Å². The molecule has 0 aliphatic heterocycles. The summed E-state index contributed by atoms with van der Waals surface area (Å²) in [7, 11) is 0. The lowest BCUT2D eigenvalue weighted by molar-refractivity contribution is -0.141. The molecular weight excluding hydrogens is 328 g/mol. The fourth-order valence-corrected chi connectivity index (χ4v) is 0.805. The molecule has 0 radical (unpaired) electrons. The van der Waals surface area contributed by atoms with Gasteiger partial charge in [-0.15, -0.1) is 0 Å². The molecule has 0 aromatic carbocycles. The molecule has 0 aromatic rings. The molecule has 2 unspecified atom stereocenters. The molecule has 0 amide bonds. The Kier molecular flexibility index (Phi) is 18.9. The number of aliphatic carboxylic acids is 4. The van der Waals surface area contributed by atoms with E-state index < -0.39 is 36.0 Å². The van der Waals surface area contributed by atoms with Crippen LogP contribution in [0.1, 0.15) is 25.7 Å². The molecule has 0 aliphatic rings. The average Bonchev–Trinajstić information content (AvgIpc) is 2.50. The number of nitrogens with two attached hydrogens (primary N) is 4. The van der Waals surface area contributed by atoms with Crippen molar-refractivity contribution < 1.29 is 39.6 Å². The van der Waals surface area contributed by atoms with Crippen molar-refractivity contribution >= 4 is 23.9 Å². The lowest BCUT2D eigenvalue weighted by Crippen LogP contribution is -2.30. The largest absolute Gasteiger partial charge is 0.481 e. The van der Waals surface area contributed by atoms with Crippen LogP contribution >= 0.6 is 0 Å². The summed E-state index contributed by atoms with van der Waals surface area (Å²) in [4.78, 5) is 39.7. The number of carboxylic acids is 4. The van der Waals surface area contributed by atoms with Crippen LogP contribution in [-0.2, 0) is 19.2 Å². The Labute approximate surface area is 138 Å². The van der Waals surface area contributed by atoms with Crippen LogP contribution in [0.5, 0.6) is 0 Å². The second-order valence-electron chi connectivity index (χ2n) is 4.33. The summed E-state index contributed by atoms with van der Waals surface area (Å²) >= 11 is 0. The van der Waals surface area contributed by atoms with Gasteiger partial charge >= 0.3 is 23.9 Å². The molecular formula is C12H26N4O8. The van der Waals surface area contributed by atoms with Crippen LogP contribution in [0, 0.1) is 0 Å². The maximum atomic E-state index is 9.99. The number of carbonyl (C=O) groups is 4. The summed E-state index contributed by atoms with van der Waals surface area (Å²) < 4.78 is 0. The highest BCUT2D eigenvalue weighted by Gasteiger charge is 2.12. The summed E-state index contributed by atoms with van der Waals surface area (Å²) in [5.41, 5.74) is 19.8. The zero-order chi connectivity index (χ0) is 19.7. The van der Waals surface area contributed by atoms with Gasteiger partial charge in [-0.05, 0) is 12.8 Å². The molecule has 0 saturated carbocycles. The topological polar surface area (TPSA) is 253 Å². The van der Waals surface area contributed by atoms with Crippen molar-refractivity contribution in [1.82, 2.24) is 0 Å². The zero-order valence-electron chi connectivity index (χ0n) is 13.1. The van der Waals surface area contributed by atoms with E-state index in [2.05, 4.69) is 0 Å². The van der Waals surface area contributed by atoms with E-state index in [1.165, 1.54) is 0 Å². The van der Waals surface area contributed by atoms with E-state index in [1.807, 2.05) is 0 Å². The monoisotopic (exact) mass is 354 g/mol. The molecule has 12 heteroatoms. The highest BCUT2D eigenvalue weighted by molar-refractivity contribution is 5.75. The molecule has 0 aromatic heterocycles. The van der Waals surface area contributed by atoms with Gasteiger partial charge in [0, 0.05) is 25.9 Å². The van der Waals surface area contributed by atoms with E-state index in [0.29, 0.717) is 13.1 Å². The first-order chi connectivity index (χ1) is 11.0. The average molecular weight is 354 g/mol. The number of carboxylic acid groups (broad SMARTS) is 4.